The summed E-state index contributed by atoms with van der Waals surface area (Å²) in [5.74, 6) is 0. The van der Waals surface area contributed by atoms with Gasteiger partial charge in [0, 0.05) is 19.6 Å². The highest BCUT2D eigenvalue weighted by molar-refractivity contribution is 5.17. The van der Waals surface area contributed by atoms with Crippen LogP contribution >= 0.6 is 0 Å². The number of aliphatic hydroxyl groups is 1. The van der Waals surface area contributed by atoms with E-state index in [4.69, 9.17) is 0 Å². The zero-order valence-corrected chi connectivity index (χ0v) is 11.7. The van der Waals surface area contributed by atoms with Crippen molar-refractivity contribution in [3.8, 4) is 0 Å². The number of β-amino-alcohol motifs (C(OH)–C–C–N with tert-alkyl or cyclic N) is 1. The van der Waals surface area contributed by atoms with Crippen molar-refractivity contribution >= 4 is 0 Å². The van der Waals surface area contributed by atoms with Crippen LogP contribution in [0.3, 0.4) is 0 Å². The zero-order valence-electron chi connectivity index (χ0n) is 11.7. The first-order chi connectivity index (χ1) is 9.27. The molecule has 1 unspecified atom stereocenters. The number of rotatable bonds is 3. The number of likely N-dealkylation sites (tertiary alicyclic amines) is 1. The monoisotopic (exact) mass is 259 g/mol. The van der Waals surface area contributed by atoms with Crippen molar-refractivity contribution in [2.45, 2.75) is 44.6 Å². The van der Waals surface area contributed by atoms with Crippen molar-refractivity contribution in [2.24, 2.45) is 5.41 Å². The molecule has 2 fully saturated rings. The molecule has 104 valence electrons. The Morgan fingerprint density at radius 2 is 1.63 bits per heavy atom. The van der Waals surface area contributed by atoms with Gasteiger partial charge in [0.1, 0.15) is 0 Å². The molecule has 1 saturated heterocycles. The van der Waals surface area contributed by atoms with Crippen LogP contribution < -0.4 is 0 Å². The minimum Gasteiger partial charge on any atom is -0.387 e. The number of aliphatic hydroxyl groups excluding tert-OH is 1. The van der Waals surface area contributed by atoms with Gasteiger partial charge in [-0.05, 0) is 23.8 Å². The van der Waals surface area contributed by atoms with E-state index in [9.17, 15) is 5.11 Å². The van der Waals surface area contributed by atoms with Gasteiger partial charge >= 0.3 is 0 Å². The van der Waals surface area contributed by atoms with Crippen molar-refractivity contribution in [2.75, 3.05) is 19.6 Å². The van der Waals surface area contributed by atoms with Gasteiger partial charge in [0.25, 0.3) is 0 Å². The quantitative estimate of drug-likeness (QED) is 0.899. The van der Waals surface area contributed by atoms with Crippen LogP contribution in [0.4, 0.5) is 0 Å². The molecule has 3 rings (SSSR count). The average molecular weight is 259 g/mol. The van der Waals surface area contributed by atoms with Crippen LogP contribution in [0.1, 0.15) is 50.2 Å². The molecule has 0 amide bonds. The molecule has 2 nitrogen and oxygen atoms in total. The van der Waals surface area contributed by atoms with Gasteiger partial charge in [-0.2, -0.15) is 0 Å². The van der Waals surface area contributed by atoms with Gasteiger partial charge in [-0.15, -0.1) is 0 Å². The second-order valence-electron chi connectivity index (χ2n) is 6.51. The first-order valence-electron chi connectivity index (χ1n) is 7.73. The highest BCUT2D eigenvalue weighted by atomic mass is 16.3. The lowest BCUT2D eigenvalue weighted by Crippen LogP contribution is -2.56. The van der Waals surface area contributed by atoms with Crippen molar-refractivity contribution in [3.05, 3.63) is 35.9 Å². The Kier molecular flexibility index (Phi) is 3.90. The maximum Gasteiger partial charge on any atom is 0.0916 e. The van der Waals surface area contributed by atoms with Crippen LogP contribution in [0.2, 0.25) is 0 Å². The first kappa shape index (κ1) is 13.1. The van der Waals surface area contributed by atoms with E-state index in [1.54, 1.807) is 0 Å². The third-order valence-corrected chi connectivity index (χ3v) is 4.90. The summed E-state index contributed by atoms with van der Waals surface area (Å²) in [4.78, 5) is 2.43. The number of nitrogens with zero attached hydrogens (tertiary/aromatic N) is 1. The van der Waals surface area contributed by atoms with E-state index >= 15 is 0 Å². The number of hydrogen-bond acceptors (Lipinski definition) is 2. The summed E-state index contributed by atoms with van der Waals surface area (Å²) in [5.41, 5.74) is 1.65. The molecule has 2 aliphatic rings. The maximum absolute atomic E-state index is 10.3. The fraction of sp³-hybridized carbons (Fsp3) is 0.647. The summed E-state index contributed by atoms with van der Waals surface area (Å²) < 4.78 is 0. The molecule has 0 radical (unpaired) electrons. The molecule has 1 saturated carbocycles. The van der Waals surface area contributed by atoms with E-state index in [1.807, 2.05) is 30.3 Å². The van der Waals surface area contributed by atoms with Crippen LogP contribution in [0.25, 0.3) is 0 Å². The van der Waals surface area contributed by atoms with Crippen molar-refractivity contribution in [1.29, 1.82) is 0 Å². The Balaban J connectivity index is 1.51. The van der Waals surface area contributed by atoms with E-state index in [-0.39, 0.29) is 6.10 Å². The molecule has 1 atom stereocenters. The Bertz CT molecular complexity index is 387. The summed E-state index contributed by atoms with van der Waals surface area (Å²) in [6.07, 6.45) is 8.16. The standard InChI is InChI=1S/C17H25NO/c19-16(15-8-4-3-5-9-15)12-18-13-17(14-18)10-6-1-2-7-11-17/h3-5,8-9,16,19H,1-2,6-7,10-14H2. The smallest absolute Gasteiger partial charge is 0.0916 e. The van der Waals surface area contributed by atoms with Crippen molar-refractivity contribution in [1.82, 2.24) is 4.90 Å². The van der Waals surface area contributed by atoms with Gasteiger partial charge < -0.3 is 5.11 Å². The Labute approximate surface area is 116 Å². The van der Waals surface area contributed by atoms with E-state index in [0.717, 1.165) is 12.1 Å². The fourth-order valence-corrected chi connectivity index (χ4v) is 3.85. The molecular weight excluding hydrogens is 234 g/mol. The largest absolute Gasteiger partial charge is 0.387 e. The average Bonchev–Trinajstić information content (AvgIpc) is 2.65. The second-order valence-corrected chi connectivity index (χ2v) is 6.51. The minimum atomic E-state index is -0.329. The van der Waals surface area contributed by atoms with Crippen LogP contribution in [0.5, 0.6) is 0 Å². The predicted molar refractivity (Wildman–Crippen MR) is 78.0 cm³/mol. The SMILES string of the molecule is OC(CN1CC2(CCCCCC2)C1)c1ccccc1. The maximum atomic E-state index is 10.3. The second kappa shape index (κ2) is 5.64. The van der Waals surface area contributed by atoms with Crippen molar-refractivity contribution < 1.29 is 5.11 Å². The highest BCUT2D eigenvalue weighted by Crippen LogP contribution is 2.43. The summed E-state index contributed by atoms with van der Waals surface area (Å²) in [7, 11) is 0. The molecule has 1 aromatic rings. The van der Waals surface area contributed by atoms with Crippen molar-refractivity contribution in [3.63, 3.8) is 0 Å². The van der Waals surface area contributed by atoms with E-state index in [2.05, 4.69) is 4.90 Å². The predicted octanol–water partition coefficient (Wildman–Crippen LogP) is 3.38. The molecule has 0 aromatic heterocycles. The van der Waals surface area contributed by atoms with E-state index in [1.165, 1.54) is 51.6 Å². The van der Waals surface area contributed by atoms with E-state index in [0.29, 0.717) is 5.41 Å². The van der Waals surface area contributed by atoms with Gasteiger partial charge in [0.2, 0.25) is 0 Å². The minimum absolute atomic E-state index is 0.329. The molecule has 1 aromatic carbocycles. The van der Waals surface area contributed by atoms with Gasteiger partial charge in [0.15, 0.2) is 0 Å². The molecular formula is C17H25NO. The highest BCUT2D eigenvalue weighted by Gasteiger charge is 2.42. The molecule has 0 bridgehead atoms. The molecule has 1 N–H and O–H groups in total. The zero-order chi connectivity index (χ0) is 13.1. The third-order valence-electron chi connectivity index (χ3n) is 4.90. The number of benzene rings is 1. The lowest BCUT2D eigenvalue weighted by Gasteiger charge is -2.51. The third kappa shape index (κ3) is 3.01. The lowest BCUT2D eigenvalue weighted by molar-refractivity contribution is -0.0373. The number of hydrogen-bond donors (Lipinski definition) is 1. The summed E-state index contributed by atoms with van der Waals surface area (Å²) in [6, 6.07) is 10.0. The van der Waals surface area contributed by atoms with Crippen LogP contribution in [0, 0.1) is 5.41 Å². The lowest BCUT2D eigenvalue weighted by atomic mass is 9.73. The molecule has 1 heterocycles. The Morgan fingerprint density at radius 1 is 1.00 bits per heavy atom. The van der Waals surface area contributed by atoms with Crippen LogP contribution in [0.15, 0.2) is 30.3 Å². The van der Waals surface area contributed by atoms with Crippen LogP contribution in [-0.2, 0) is 0 Å². The van der Waals surface area contributed by atoms with Crippen LogP contribution in [-0.4, -0.2) is 29.6 Å². The summed E-state index contributed by atoms with van der Waals surface area (Å²) >= 11 is 0. The van der Waals surface area contributed by atoms with E-state index < -0.39 is 0 Å². The molecule has 1 aliphatic carbocycles. The van der Waals surface area contributed by atoms with Gasteiger partial charge in [0.05, 0.1) is 6.10 Å². The Morgan fingerprint density at radius 3 is 2.26 bits per heavy atom. The fourth-order valence-electron chi connectivity index (χ4n) is 3.85. The van der Waals surface area contributed by atoms with Gasteiger partial charge in [-0.25, -0.2) is 0 Å². The van der Waals surface area contributed by atoms with Gasteiger partial charge in [-0.1, -0.05) is 56.0 Å². The topological polar surface area (TPSA) is 23.5 Å². The normalized spacial score (nSPS) is 24.7. The van der Waals surface area contributed by atoms with Gasteiger partial charge in [-0.3, -0.25) is 4.90 Å². The summed E-state index contributed by atoms with van der Waals surface area (Å²) in [6.45, 7) is 3.21. The molecule has 1 aliphatic heterocycles. The molecule has 2 heteroatoms. The molecule has 19 heavy (non-hydrogen) atoms. The summed E-state index contributed by atoms with van der Waals surface area (Å²) in [5, 5.41) is 10.3. The molecule has 1 spiro atoms. The Hall–Kier alpha value is -0.860. The first-order valence-corrected chi connectivity index (χ1v) is 7.73.